The number of rotatable bonds is 8. The maximum Gasteiger partial charge on any atom is 0.234 e. The van der Waals surface area contributed by atoms with Gasteiger partial charge in [0.2, 0.25) is 5.91 Å². The van der Waals surface area contributed by atoms with Crippen LogP contribution >= 0.6 is 11.3 Å². The Kier molecular flexibility index (Phi) is 7.07. The zero-order valence-corrected chi connectivity index (χ0v) is 15.7. The molecule has 7 nitrogen and oxygen atoms in total. The van der Waals surface area contributed by atoms with E-state index in [1.807, 2.05) is 29.5 Å². The standard InChI is InChI=1S/C18H24N4O3S/c1-22(8-14-2-5-19-6-3-14)9-18(23)21-16-11-24-7-4-17(16)25-10-15-12-26-13-20-15/h2-3,5-6,12-13,16-17H,4,7-11H2,1H3,(H,21,23). The van der Waals surface area contributed by atoms with Gasteiger partial charge in [0, 0.05) is 30.9 Å². The van der Waals surface area contributed by atoms with E-state index in [2.05, 4.69) is 15.3 Å². The molecule has 1 aliphatic heterocycles. The maximum atomic E-state index is 12.4. The first kappa shape index (κ1) is 18.9. The Morgan fingerprint density at radius 2 is 2.31 bits per heavy atom. The summed E-state index contributed by atoms with van der Waals surface area (Å²) in [6.45, 7) is 2.60. The quantitative estimate of drug-likeness (QED) is 0.752. The second-order valence-electron chi connectivity index (χ2n) is 6.39. The van der Waals surface area contributed by atoms with Gasteiger partial charge in [0.15, 0.2) is 0 Å². The molecule has 26 heavy (non-hydrogen) atoms. The molecule has 1 saturated heterocycles. The molecule has 0 spiro atoms. The lowest BCUT2D eigenvalue weighted by Crippen LogP contribution is -2.52. The molecular formula is C18H24N4O3S. The van der Waals surface area contributed by atoms with Crippen LogP contribution < -0.4 is 5.32 Å². The van der Waals surface area contributed by atoms with Crippen molar-refractivity contribution in [3.63, 3.8) is 0 Å². The molecule has 2 aromatic rings. The van der Waals surface area contributed by atoms with Gasteiger partial charge in [-0.25, -0.2) is 4.98 Å². The van der Waals surface area contributed by atoms with Crippen molar-refractivity contribution in [2.45, 2.75) is 31.7 Å². The van der Waals surface area contributed by atoms with Crippen molar-refractivity contribution in [2.24, 2.45) is 0 Å². The predicted molar refractivity (Wildman–Crippen MR) is 98.6 cm³/mol. The summed E-state index contributed by atoms with van der Waals surface area (Å²) in [5, 5.41) is 5.03. The molecule has 3 rings (SSSR count). The molecule has 0 aliphatic carbocycles. The number of pyridine rings is 1. The first-order chi connectivity index (χ1) is 12.7. The minimum atomic E-state index is -0.135. The summed E-state index contributed by atoms with van der Waals surface area (Å²) in [5.74, 6) is -0.0284. The van der Waals surface area contributed by atoms with Gasteiger partial charge in [-0.2, -0.15) is 0 Å². The fourth-order valence-corrected chi connectivity index (χ4v) is 3.45. The van der Waals surface area contributed by atoms with E-state index in [4.69, 9.17) is 9.47 Å². The summed E-state index contributed by atoms with van der Waals surface area (Å²) >= 11 is 1.55. The number of hydrogen-bond donors (Lipinski definition) is 1. The lowest BCUT2D eigenvalue weighted by Gasteiger charge is -2.32. The van der Waals surface area contributed by atoms with Crippen LogP contribution in [0.2, 0.25) is 0 Å². The van der Waals surface area contributed by atoms with Crippen LogP contribution in [0.1, 0.15) is 17.7 Å². The van der Waals surface area contributed by atoms with Gasteiger partial charge < -0.3 is 14.8 Å². The molecular weight excluding hydrogens is 352 g/mol. The second kappa shape index (κ2) is 9.72. The largest absolute Gasteiger partial charge is 0.379 e. The number of amides is 1. The van der Waals surface area contributed by atoms with Crippen molar-refractivity contribution in [3.8, 4) is 0 Å². The van der Waals surface area contributed by atoms with Crippen LogP contribution in [0.5, 0.6) is 0 Å². The van der Waals surface area contributed by atoms with Crippen LogP contribution in [0.4, 0.5) is 0 Å². The highest BCUT2D eigenvalue weighted by Crippen LogP contribution is 2.15. The second-order valence-corrected chi connectivity index (χ2v) is 7.11. The van der Waals surface area contributed by atoms with Crippen molar-refractivity contribution in [1.29, 1.82) is 0 Å². The van der Waals surface area contributed by atoms with E-state index in [1.165, 1.54) is 0 Å². The molecule has 2 atom stereocenters. The predicted octanol–water partition coefficient (Wildman–Crippen LogP) is 1.46. The summed E-state index contributed by atoms with van der Waals surface area (Å²) in [5.41, 5.74) is 3.84. The minimum Gasteiger partial charge on any atom is -0.379 e. The van der Waals surface area contributed by atoms with Gasteiger partial charge >= 0.3 is 0 Å². The molecule has 0 saturated carbocycles. The zero-order chi connectivity index (χ0) is 18.2. The third-order valence-electron chi connectivity index (χ3n) is 4.18. The van der Waals surface area contributed by atoms with Gasteiger partial charge in [0.1, 0.15) is 0 Å². The van der Waals surface area contributed by atoms with Crippen molar-refractivity contribution in [2.75, 3.05) is 26.8 Å². The first-order valence-corrected chi connectivity index (χ1v) is 9.58. The number of thiazole rings is 1. The van der Waals surface area contributed by atoms with E-state index in [0.29, 0.717) is 32.9 Å². The lowest BCUT2D eigenvalue weighted by molar-refractivity contribution is -0.127. The van der Waals surface area contributed by atoms with E-state index in [-0.39, 0.29) is 18.1 Å². The number of nitrogens with one attached hydrogen (secondary N) is 1. The molecule has 3 heterocycles. The maximum absolute atomic E-state index is 12.4. The van der Waals surface area contributed by atoms with Crippen LogP contribution in [0.15, 0.2) is 35.4 Å². The Balaban J connectivity index is 1.46. The molecule has 2 unspecified atom stereocenters. The summed E-state index contributed by atoms with van der Waals surface area (Å²) in [6, 6.07) is 3.77. The van der Waals surface area contributed by atoms with Crippen LogP contribution in [-0.2, 0) is 27.4 Å². The van der Waals surface area contributed by atoms with Crippen molar-refractivity contribution >= 4 is 17.2 Å². The smallest absolute Gasteiger partial charge is 0.234 e. The molecule has 0 aromatic carbocycles. The number of hydrogen-bond acceptors (Lipinski definition) is 7. The van der Waals surface area contributed by atoms with Gasteiger partial charge in [-0.3, -0.25) is 14.7 Å². The number of carbonyl (C=O) groups excluding carboxylic acids is 1. The van der Waals surface area contributed by atoms with Crippen molar-refractivity contribution < 1.29 is 14.3 Å². The summed E-state index contributed by atoms with van der Waals surface area (Å²) in [4.78, 5) is 22.6. The van der Waals surface area contributed by atoms with Crippen LogP contribution in [0.25, 0.3) is 0 Å². The SMILES string of the molecule is CN(CC(=O)NC1COCCC1OCc1cscn1)Cc1ccncc1. The summed E-state index contributed by atoms with van der Waals surface area (Å²) in [7, 11) is 1.92. The van der Waals surface area contributed by atoms with E-state index in [9.17, 15) is 4.79 Å². The number of likely N-dealkylation sites (N-methyl/N-ethyl adjacent to an activating group) is 1. The molecule has 0 radical (unpaired) electrons. The van der Waals surface area contributed by atoms with E-state index in [0.717, 1.165) is 17.7 Å². The number of nitrogens with zero attached hydrogens (tertiary/aromatic N) is 3. The van der Waals surface area contributed by atoms with Gasteiger partial charge in [-0.1, -0.05) is 0 Å². The summed E-state index contributed by atoms with van der Waals surface area (Å²) < 4.78 is 11.5. The van der Waals surface area contributed by atoms with Crippen LogP contribution in [0, 0.1) is 0 Å². The third kappa shape index (κ3) is 5.84. The molecule has 140 valence electrons. The van der Waals surface area contributed by atoms with E-state index < -0.39 is 0 Å². The normalized spacial score (nSPS) is 20.2. The molecule has 1 amide bonds. The van der Waals surface area contributed by atoms with Gasteiger partial charge in [0.25, 0.3) is 0 Å². The fraction of sp³-hybridized carbons (Fsp3) is 0.500. The fourth-order valence-electron chi connectivity index (χ4n) is 2.91. The average molecular weight is 376 g/mol. The Morgan fingerprint density at radius 1 is 1.46 bits per heavy atom. The number of ether oxygens (including phenoxy) is 2. The van der Waals surface area contributed by atoms with Crippen molar-refractivity contribution in [1.82, 2.24) is 20.2 Å². The van der Waals surface area contributed by atoms with Gasteiger partial charge in [-0.15, -0.1) is 11.3 Å². The highest BCUT2D eigenvalue weighted by molar-refractivity contribution is 7.07. The van der Waals surface area contributed by atoms with Crippen LogP contribution in [-0.4, -0.2) is 59.7 Å². The molecule has 8 heteroatoms. The zero-order valence-electron chi connectivity index (χ0n) is 14.8. The Labute approximate surface area is 157 Å². The molecule has 1 aliphatic rings. The van der Waals surface area contributed by atoms with Crippen molar-refractivity contribution in [3.05, 3.63) is 46.7 Å². The average Bonchev–Trinajstić information content (AvgIpc) is 3.15. The molecule has 1 fully saturated rings. The van der Waals surface area contributed by atoms with Gasteiger partial charge in [0.05, 0.1) is 43.1 Å². The first-order valence-electron chi connectivity index (χ1n) is 8.64. The summed E-state index contributed by atoms with van der Waals surface area (Å²) in [6.07, 6.45) is 4.22. The Hall–Kier alpha value is -1.87. The Morgan fingerprint density at radius 3 is 3.08 bits per heavy atom. The Bertz CT molecular complexity index is 668. The minimum absolute atomic E-state index is 0.0284. The highest BCUT2D eigenvalue weighted by atomic mass is 32.1. The van der Waals surface area contributed by atoms with Crippen LogP contribution in [0.3, 0.4) is 0 Å². The molecule has 2 aromatic heterocycles. The van der Waals surface area contributed by atoms with E-state index >= 15 is 0 Å². The number of carbonyl (C=O) groups is 1. The topological polar surface area (TPSA) is 76.6 Å². The van der Waals surface area contributed by atoms with Gasteiger partial charge in [-0.05, 0) is 31.2 Å². The lowest BCUT2D eigenvalue weighted by atomic mass is 10.1. The highest BCUT2D eigenvalue weighted by Gasteiger charge is 2.28. The monoisotopic (exact) mass is 376 g/mol. The third-order valence-corrected chi connectivity index (χ3v) is 4.82. The molecule has 1 N–H and O–H groups in total. The number of aromatic nitrogens is 2. The van der Waals surface area contributed by atoms with E-state index in [1.54, 1.807) is 29.2 Å². The molecule has 0 bridgehead atoms.